The van der Waals surface area contributed by atoms with Gasteiger partial charge in [0.1, 0.15) is 5.82 Å². The Morgan fingerprint density at radius 2 is 2.00 bits per heavy atom. The summed E-state index contributed by atoms with van der Waals surface area (Å²) in [6.07, 6.45) is 2.07. The molecule has 0 amide bonds. The van der Waals surface area contributed by atoms with Gasteiger partial charge in [0.25, 0.3) is 0 Å². The highest BCUT2D eigenvalue weighted by atomic mass is 35.5. The van der Waals surface area contributed by atoms with Gasteiger partial charge in [0.15, 0.2) is 0 Å². The van der Waals surface area contributed by atoms with Crippen LogP contribution in [0.2, 0.25) is 5.02 Å². The molecule has 0 aromatic heterocycles. The van der Waals surface area contributed by atoms with Gasteiger partial charge in [0.2, 0.25) is 0 Å². The fraction of sp³-hybridized carbons (Fsp3) is 0.600. The minimum Gasteiger partial charge on any atom is -0.390 e. The number of β-amino-alcohol motifs (C(OH)–C–C–N with tert-alkyl or cyclic N) is 1. The summed E-state index contributed by atoms with van der Waals surface area (Å²) in [6.45, 7) is 3.97. The van der Waals surface area contributed by atoms with Gasteiger partial charge in [0, 0.05) is 36.3 Å². The first-order valence-corrected chi connectivity index (χ1v) is 7.60. The van der Waals surface area contributed by atoms with Crippen LogP contribution in [0.15, 0.2) is 18.2 Å². The summed E-state index contributed by atoms with van der Waals surface area (Å²) < 4.78 is 13.8. The third kappa shape index (κ3) is 2.84. The van der Waals surface area contributed by atoms with Gasteiger partial charge in [-0.2, -0.15) is 0 Å². The Kier molecular flexibility index (Phi) is 4.26. The van der Waals surface area contributed by atoms with Gasteiger partial charge < -0.3 is 5.11 Å². The SMILES string of the molecule is O[C@@H]1CN(Cc2c(F)cccc2Cl)C[C@H]1N1CCCC1. The van der Waals surface area contributed by atoms with Crippen LogP contribution in [0.5, 0.6) is 0 Å². The van der Waals surface area contributed by atoms with Crippen LogP contribution < -0.4 is 0 Å². The monoisotopic (exact) mass is 298 g/mol. The minimum atomic E-state index is -0.348. The molecule has 0 spiro atoms. The van der Waals surface area contributed by atoms with Crippen LogP contribution in [-0.4, -0.2) is 53.2 Å². The topological polar surface area (TPSA) is 26.7 Å². The van der Waals surface area contributed by atoms with E-state index in [9.17, 15) is 9.50 Å². The van der Waals surface area contributed by atoms with Crippen molar-refractivity contribution in [2.45, 2.75) is 31.5 Å². The van der Waals surface area contributed by atoms with Crippen molar-refractivity contribution < 1.29 is 9.50 Å². The standard InChI is InChI=1S/C15H20ClFN2O/c16-12-4-3-5-13(17)11(12)8-18-9-14(15(20)10-18)19-6-1-2-7-19/h3-5,14-15,20H,1-2,6-10H2/t14-,15-/m1/s1. The fourth-order valence-electron chi connectivity index (χ4n) is 3.32. The molecule has 20 heavy (non-hydrogen) atoms. The van der Waals surface area contributed by atoms with Crippen molar-refractivity contribution in [1.82, 2.24) is 9.80 Å². The Labute approximate surface area is 123 Å². The molecule has 3 nitrogen and oxygen atoms in total. The molecule has 0 saturated carbocycles. The van der Waals surface area contributed by atoms with Gasteiger partial charge >= 0.3 is 0 Å². The first kappa shape index (κ1) is 14.3. The average Bonchev–Trinajstić information content (AvgIpc) is 3.03. The number of rotatable bonds is 3. The molecule has 110 valence electrons. The summed E-state index contributed by atoms with van der Waals surface area (Å²) in [6, 6.07) is 4.95. The van der Waals surface area contributed by atoms with E-state index in [0.717, 1.165) is 19.6 Å². The number of benzene rings is 1. The van der Waals surface area contributed by atoms with Crippen molar-refractivity contribution in [2.75, 3.05) is 26.2 Å². The van der Waals surface area contributed by atoms with E-state index in [4.69, 9.17) is 11.6 Å². The van der Waals surface area contributed by atoms with Crippen LogP contribution in [0, 0.1) is 5.82 Å². The smallest absolute Gasteiger partial charge is 0.129 e. The van der Waals surface area contributed by atoms with Gasteiger partial charge in [-0.05, 0) is 38.1 Å². The Hall–Kier alpha value is -0.680. The zero-order valence-electron chi connectivity index (χ0n) is 11.4. The quantitative estimate of drug-likeness (QED) is 0.926. The first-order valence-electron chi connectivity index (χ1n) is 7.22. The van der Waals surface area contributed by atoms with Crippen molar-refractivity contribution in [3.63, 3.8) is 0 Å². The molecule has 2 fully saturated rings. The second-order valence-corrected chi connectivity index (χ2v) is 6.18. The molecule has 3 rings (SSSR count). The van der Waals surface area contributed by atoms with Gasteiger partial charge in [-0.3, -0.25) is 9.80 Å². The Balaban J connectivity index is 1.67. The maximum absolute atomic E-state index is 13.8. The molecule has 1 N–H and O–H groups in total. The van der Waals surface area contributed by atoms with Crippen LogP contribution >= 0.6 is 11.6 Å². The van der Waals surface area contributed by atoms with E-state index in [0.29, 0.717) is 23.7 Å². The molecule has 0 radical (unpaired) electrons. The molecule has 2 atom stereocenters. The average molecular weight is 299 g/mol. The molecule has 1 aromatic carbocycles. The second kappa shape index (κ2) is 5.98. The van der Waals surface area contributed by atoms with Crippen LogP contribution in [0.25, 0.3) is 0 Å². The largest absolute Gasteiger partial charge is 0.390 e. The minimum absolute atomic E-state index is 0.183. The summed E-state index contributed by atoms with van der Waals surface area (Å²) in [5.41, 5.74) is 0.531. The zero-order valence-corrected chi connectivity index (χ0v) is 12.2. The number of hydrogen-bond acceptors (Lipinski definition) is 3. The highest BCUT2D eigenvalue weighted by Crippen LogP contribution is 2.25. The lowest BCUT2D eigenvalue weighted by Gasteiger charge is -2.25. The van der Waals surface area contributed by atoms with Crippen LogP contribution in [0.3, 0.4) is 0 Å². The Morgan fingerprint density at radius 3 is 2.70 bits per heavy atom. The van der Waals surface area contributed by atoms with E-state index >= 15 is 0 Å². The van der Waals surface area contributed by atoms with Gasteiger partial charge in [-0.25, -0.2) is 4.39 Å². The van der Waals surface area contributed by atoms with Gasteiger partial charge in [0.05, 0.1) is 6.10 Å². The summed E-state index contributed by atoms with van der Waals surface area (Å²) in [5.74, 6) is -0.267. The number of halogens is 2. The van der Waals surface area contributed by atoms with E-state index in [1.54, 1.807) is 12.1 Å². The Morgan fingerprint density at radius 1 is 1.25 bits per heavy atom. The summed E-state index contributed by atoms with van der Waals surface area (Å²) in [7, 11) is 0. The molecule has 0 unspecified atom stereocenters. The lowest BCUT2D eigenvalue weighted by molar-refractivity contribution is 0.0978. The van der Waals surface area contributed by atoms with Crippen LogP contribution in [0.1, 0.15) is 18.4 Å². The molecule has 2 aliphatic heterocycles. The Bertz CT molecular complexity index is 459. The zero-order chi connectivity index (χ0) is 14.1. The second-order valence-electron chi connectivity index (χ2n) is 5.77. The van der Waals surface area contributed by atoms with Crippen molar-refractivity contribution >= 4 is 11.6 Å². The van der Waals surface area contributed by atoms with Gasteiger partial charge in [-0.1, -0.05) is 17.7 Å². The fourth-order valence-corrected chi connectivity index (χ4v) is 3.54. The highest BCUT2D eigenvalue weighted by Gasteiger charge is 2.36. The lowest BCUT2D eigenvalue weighted by atomic mass is 10.2. The molecular weight excluding hydrogens is 279 g/mol. The number of nitrogens with zero attached hydrogens (tertiary/aromatic N) is 2. The third-order valence-corrected chi connectivity index (χ3v) is 4.74. The number of hydrogen-bond donors (Lipinski definition) is 1. The number of likely N-dealkylation sites (tertiary alicyclic amines) is 2. The summed E-state index contributed by atoms with van der Waals surface area (Å²) >= 11 is 6.07. The van der Waals surface area contributed by atoms with Crippen molar-refractivity contribution in [3.05, 3.63) is 34.6 Å². The van der Waals surface area contributed by atoms with Crippen LogP contribution in [0.4, 0.5) is 4.39 Å². The number of aliphatic hydroxyl groups excluding tert-OH is 1. The highest BCUT2D eigenvalue weighted by molar-refractivity contribution is 6.31. The van der Waals surface area contributed by atoms with E-state index < -0.39 is 0 Å². The summed E-state index contributed by atoms with van der Waals surface area (Å²) in [5, 5.41) is 10.7. The molecule has 5 heteroatoms. The first-order chi connectivity index (χ1) is 9.65. The molecular formula is C15H20ClFN2O. The molecule has 2 aliphatic rings. The van der Waals surface area contributed by atoms with Crippen molar-refractivity contribution in [1.29, 1.82) is 0 Å². The maximum atomic E-state index is 13.8. The predicted octanol–water partition coefficient (Wildman–Crippen LogP) is 2.12. The molecule has 0 bridgehead atoms. The van der Waals surface area contributed by atoms with E-state index in [1.165, 1.54) is 18.9 Å². The third-order valence-electron chi connectivity index (χ3n) is 4.39. The lowest BCUT2D eigenvalue weighted by Crippen LogP contribution is -2.41. The van der Waals surface area contributed by atoms with E-state index in [-0.39, 0.29) is 18.0 Å². The molecule has 2 saturated heterocycles. The van der Waals surface area contributed by atoms with Crippen molar-refractivity contribution in [3.8, 4) is 0 Å². The van der Waals surface area contributed by atoms with E-state index in [1.807, 2.05) is 0 Å². The summed E-state index contributed by atoms with van der Waals surface area (Å²) in [4.78, 5) is 4.45. The van der Waals surface area contributed by atoms with Gasteiger partial charge in [-0.15, -0.1) is 0 Å². The van der Waals surface area contributed by atoms with E-state index in [2.05, 4.69) is 9.80 Å². The van der Waals surface area contributed by atoms with Crippen LogP contribution in [-0.2, 0) is 6.54 Å². The predicted molar refractivity (Wildman–Crippen MR) is 77.3 cm³/mol. The molecule has 0 aliphatic carbocycles. The van der Waals surface area contributed by atoms with Crippen molar-refractivity contribution in [2.24, 2.45) is 0 Å². The maximum Gasteiger partial charge on any atom is 0.129 e. The normalized spacial score (nSPS) is 28.4. The number of aliphatic hydroxyl groups is 1. The molecule has 2 heterocycles. The molecule has 1 aromatic rings.